The zero-order valence-corrected chi connectivity index (χ0v) is 20.7. The van der Waals surface area contributed by atoms with E-state index in [1.54, 1.807) is 4.68 Å². The van der Waals surface area contributed by atoms with Crippen LogP contribution in [0.25, 0.3) is 11.0 Å². The van der Waals surface area contributed by atoms with Crippen LogP contribution in [0.1, 0.15) is 38.5 Å². The number of carbonyl (C=O) groups is 3. The average molecular weight is 529 g/mol. The number of aliphatic carboxylic acids is 2. The number of carbonyl (C=O) groups excluding carboxylic acids is 1. The summed E-state index contributed by atoms with van der Waals surface area (Å²) in [5.41, 5.74) is -2.30. The van der Waals surface area contributed by atoms with E-state index in [4.69, 9.17) is 5.11 Å². The number of amides is 1. The lowest BCUT2D eigenvalue weighted by Crippen LogP contribution is -2.45. The van der Waals surface area contributed by atoms with Crippen LogP contribution < -0.4 is 4.90 Å². The largest absolute Gasteiger partial charge is 0.481 e. The number of carboxylic acids is 2. The minimum Gasteiger partial charge on any atom is -0.481 e. The second kappa shape index (κ2) is 11.6. The van der Waals surface area contributed by atoms with Gasteiger partial charge < -0.3 is 20.2 Å². The molecule has 1 aromatic carbocycles. The van der Waals surface area contributed by atoms with Gasteiger partial charge in [-0.25, -0.2) is 23.8 Å². The molecular weight excluding hydrogens is 499 g/mol. The van der Waals surface area contributed by atoms with Crippen molar-refractivity contribution in [2.45, 2.75) is 50.7 Å². The predicted molar refractivity (Wildman–Crippen MR) is 133 cm³/mol. The Morgan fingerprint density at radius 3 is 2.29 bits per heavy atom. The third-order valence-corrected chi connectivity index (χ3v) is 6.57. The molecule has 0 saturated carbocycles. The van der Waals surface area contributed by atoms with Gasteiger partial charge in [0.15, 0.2) is 17.1 Å². The highest BCUT2D eigenvalue weighted by Gasteiger charge is 2.42. The molecular formula is C25H29FN6O6. The zero-order chi connectivity index (χ0) is 27.3. The molecule has 4 rings (SSSR count). The number of hydrogen-bond donors (Lipinski definition) is 3. The minimum atomic E-state index is -2.87. The molecule has 0 radical (unpaired) electrons. The first-order chi connectivity index (χ1) is 18.2. The maximum atomic E-state index is 13.7. The third kappa shape index (κ3) is 6.11. The van der Waals surface area contributed by atoms with Crippen LogP contribution in [0.5, 0.6) is 0 Å². The van der Waals surface area contributed by atoms with Gasteiger partial charge in [0.05, 0.1) is 36.7 Å². The Balaban J connectivity index is 1.69. The van der Waals surface area contributed by atoms with E-state index >= 15 is 0 Å². The Morgan fingerprint density at radius 1 is 0.974 bits per heavy atom. The number of rotatable bonds is 10. The Morgan fingerprint density at radius 2 is 1.66 bits per heavy atom. The molecule has 3 heterocycles. The van der Waals surface area contributed by atoms with E-state index in [0.29, 0.717) is 17.6 Å². The smallest absolute Gasteiger partial charge is 0.336 e. The van der Waals surface area contributed by atoms with E-state index < -0.39 is 42.1 Å². The van der Waals surface area contributed by atoms with E-state index in [1.807, 2.05) is 0 Å². The molecule has 38 heavy (non-hydrogen) atoms. The normalized spacial score (nSPS) is 16.1. The Hall–Kier alpha value is -3.97. The number of aromatic nitrogens is 4. The summed E-state index contributed by atoms with van der Waals surface area (Å²) >= 11 is 0. The molecule has 202 valence electrons. The zero-order valence-electron chi connectivity index (χ0n) is 20.7. The molecule has 3 aromatic rings. The van der Waals surface area contributed by atoms with Crippen molar-refractivity contribution in [1.29, 1.82) is 0 Å². The van der Waals surface area contributed by atoms with Gasteiger partial charge in [0.2, 0.25) is 5.91 Å². The standard InChI is InChI=1S/C25H29FN6O6/c26-17-5-7-18(8-6-17)32(20(33)13-25(38,24(36)37)14-21(34)35)23-19-15-29-31(22(19)27-16-28-23)12-11-30-9-3-1-2-4-10-30/h5-8,15-16,38H,1-4,9-14H2,(H,34,35)(H,36,37). The summed E-state index contributed by atoms with van der Waals surface area (Å²) in [6.07, 6.45) is 5.17. The predicted octanol–water partition coefficient (Wildman–Crippen LogP) is 2.19. The van der Waals surface area contributed by atoms with Gasteiger partial charge in [-0.05, 0) is 50.2 Å². The lowest BCUT2D eigenvalue weighted by Gasteiger charge is -2.27. The van der Waals surface area contributed by atoms with E-state index in [0.717, 1.165) is 49.5 Å². The summed E-state index contributed by atoms with van der Waals surface area (Å²) in [7, 11) is 0. The Labute approximate surface area is 217 Å². The quantitative estimate of drug-likeness (QED) is 0.356. The maximum absolute atomic E-state index is 13.7. The molecule has 0 bridgehead atoms. The number of likely N-dealkylation sites (tertiary alicyclic amines) is 1. The molecule has 13 heteroatoms. The van der Waals surface area contributed by atoms with Gasteiger partial charge in [-0.1, -0.05) is 12.8 Å². The van der Waals surface area contributed by atoms with Crippen molar-refractivity contribution in [3.63, 3.8) is 0 Å². The van der Waals surface area contributed by atoms with Crippen molar-refractivity contribution in [2.75, 3.05) is 24.5 Å². The number of benzene rings is 1. The molecule has 0 spiro atoms. The number of hydrogen-bond acceptors (Lipinski definition) is 8. The fourth-order valence-corrected chi connectivity index (χ4v) is 4.59. The van der Waals surface area contributed by atoms with E-state index in [-0.39, 0.29) is 11.5 Å². The van der Waals surface area contributed by atoms with Crippen LogP contribution in [0, 0.1) is 5.82 Å². The molecule has 1 unspecified atom stereocenters. The van der Waals surface area contributed by atoms with E-state index in [2.05, 4.69) is 20.0 Å². The number of aliphatic hydroxyl groups is 1. The van der Waals surface area contributed by atoms with Crippen molar-refractivity contribution < 1.29 is 34.1 Å². The second-order valence-electron chi connectivity index (χ2n) is 9.35. The van der Waals surface area contributed by atoms with E-state index in [1.165, 1.54) is 37.5 Å². The van der Waals surface area contributed by atoms with Gasteiger partial charge in [-0.3, -0.25) is 14.5 Å². The van der Waals surface area contributed by atoms with Crippen LogP contribution in [0.15, 0.2) is 36.8 Å². The number of anilines is 2. The second-order valence-corrected chi connectivity index (χ2v) is 9.35. The number of carboxylic acid groups (broad SMARTS) is 2. The van der Waals surface area contributed by atoms with Gasteiger partial charge in [0, 0.05) is 6.54 Å². The van der Waals surface area contributed by atoms with Crippen LogP contribution in [0.3, 0.4) is 0 Å². The lowest BCUT2D eigenvalue weighted by molar-refractivity contribution is -0.167. The fraction of sp³-hybridized carbons (Fsp3) is 0.440. The SMILES string of the molecule is O=C(O)CC(O)(CC(=O)N(c1ccc(F)cc1)c1ncnc2c1cnn2CCN1CCCCCC1)C(=O)O. The first-order valence-electron chi connectivity index (χ1n) is 12.3. The maximum Gasteiger partial charge on any atom is 0.336 e. The van der Waals surface area contributed by atoms with Crippen molar-refractivity contribution in [3.05, 3.63) is 42.6 Å². The third-order valence-electron chi connectivity index (χ3n) is 6.57. The Bertz CT molecular complexity index is 1310. The van der Waals surface area contributed by atoms with Crippen molar-refractivity contribution in [1.82, 2.24) is 24.6 Å². The summed E-state index contributed by atoms with van der Waals surface area (Å²) in [5, 5.41) is 33.9. The molecule has 0 aliphatic carbocycles. The number of halogens is 1. The van der Waals surface area contributed by atoms with Crippen LogP contribution in [0.4, 0.5) is 15.9 Å². The van der Waals surface area contributed by atoms with Gasteiger partial charge in [-0.15, -0.1) is 0 Å². The summed E-state index contributed by atoms with van der Waals surface area (Å²) in [6, 6.07) is 4.81. The van der Waals surface area contributed by atoms with Crippen LogP contribution >= 0.6 is 0 Å². The lowest BCUT2D eigenvalue weighted by atomic mass is 9.94. The van der Waals surface area contributed by atoms with Gasteiger partial charge in [-0.2, -0.15) is 5.10 Å². The monoisotopic (exact) mass is 528 g/mol. The highest BCUT2D eigenvalue weighted by atomic mass is 19.1. The molecule has 2 aromatic heterocycles. The topological polar surface area (TPSA) is 162 Å². The number of nitrogens with zero attached hydrogens (tertiary/aromatic N) is 6. The van der Waals surface area contributed by atoms with E-state index in [9.17, 15) is 29.0 Å². The Kier molecular flexibility index (Phi) is 8.27. The van der Waals surface area contributed by atoms with Crippen LogP contribution in [0.2, 0.25) is 0 Å². The first kappa shape index (κ1) is 27.1. The molecule has 1 atom stereocenters. The summed E-state index contributed by atoms with van der Waals surface area (Å²) < 4.78 is 15.4. The highest BCUT2D eigenvalue weighted by molar-refractivity contribution is 6.07. The molecule has 3 N–H and O–H groups in total. The summed E-state index contributed by atoms with van der Waals surface area (Å²) in [4.78, 5) is 48.3. The van der Waals surface area contributed by atoms with Gasteiger partial charge >= 0.3 is 11.9 Å². The van der Waals surface area contributed by atoms with Gasteiger partial charge in [0.1, 0.15) is 12.1 Å². The van der Waals surface area contributed by atoms with Gasteiger partial charge in [0.25, 0.3) is 0 Å². The van der Waals surface area contributed by atoms with Crippen LogP contribution in [-0.4, -0.2) is 83.0 Å². The van der Waals surface area contributed by atoms with Crippen molar-refractivity contribution >= 4 is 40.4 Å². The molecule has 1 aliphatic heterocycles. The molecule has 1 amide bonds. The average Bonchev–Trinajstić information content (AvgIpc) is 3.10. The van der Waals surface area contributed by atoms with Crippen molar-refractivity contribution in [3.8, 4) is 0 Å². The molecule has 12 nitrogen and oxygen atoms in total. The minimum absolute atomic E-state index is 0.0377. The summed E-state index contributed by atoms with van der Waals surface area (Å²) in [6.45, 7) is 3.32. The van der Waals surface area contributed by atoms with Crippen molar-refractivity contribution in [2.24, 2.45) is 0 Å². The van der Waals surface area contributed by atoms with Crippen LogP contribution in [-0.2, 0) is 20.9 Å². The number of fused-ring (bicyclic) bond motifs is 1. The fourth-order valence-electron chi connectivity index (χ4n) is 4.59. The highest BCUT2D eigenvalue weighted by Crippen LogP contribution is 2.32. The molecule has 1 aliphatic rings. The molecule has 1 fully saturated rings. The first-order valence-corrected chi connectivity index (χ1v) is 12.3. The molecule has 1 saturated heterocycles. The summed E-state index contributed by atoms with van der Waals surface area (Å²) in [5.74, 6) is -4.94.